The Kier molecular flexibility index (Phi) is 3.54. The van der Waals surface area contributed by atoms with Crippen molar-refractivity contribution in [3.63, 3.8) is 0 Å². The quantitative estimate of drug-likeness (QED) is 0.830. The van der Waals surface area contributed by atoms with Crippen molar-refractivity contribution in [3.8, 4) is 0 Å². The van der Waals surface area contributed by atoms with Crippen LogP contribution >= 0.6 is 0 Å². The van der Waals surface area contributed by atoms with Gasteiger partial charge in [-0.25, -0.2) is 9.97 Å². The first kappa shape index (κ1) is 13.3. The summed E-state index contributed by atoms with van der Waals surface area (Å²) in [6.07, 6.45) is 4.97. The third kappa shape index (κ3) is 2.34. The fourth-order valence-electron chi connectivity index (χ4n) is 3.02. The molecule has 0 bridgehead atoms. The van der Waals surface area contributed by atoms with Crippen LogP contribution in [-0.2, 0) is 6.54 Å². The number of nitrogens with two attached hydrogens (primary N) is 1. The van der Waals surface area contributed by atoms with Gasteiger partial charge in [0, 0.05) is 31.2 Å². The minimum Gasteiger partial charge on any atom is -0.329 e. The van der Waals surface area contributed by atoms with Crippen LogP contribution in [0.25, 0.3) is 5.78 Å². The number of hydrogen-bond donors (Lipinski definition) is 2. The van der Waals surface area contributed by atoms with Crippen LogP contribution in [-0.4, -0.2) is 43.1 Å². The van der Waals surface area contributed by atoms with Crippen LogP contribution in [0.4, 0.5) is 0 Å². The molecule has 2 unspecified atom stereocenters. The highest BCUT2D eigenvalue weighted by molar-refractivity contribution is 5.26. The Morgan fingerprint density at radius 2 is 2.35 bits per heavy atom. The zero-order chi connectivity index (χ0) is 14.1. The van der Waals surface area contributed by atoms with E-state index in [0.717, 1.165) is 12.1 Å². The number of rotatable bonds is 3. The predicted octanol–water partition coefficient (Wildman–Crippen LogP) is 0.119. The number of hydrogen-bond acceptors (Lipinski definition) is 5. The molecule has 0 aliphatic carbocycles. The molecule has 1 aliphatic heterocycles. The summed E-state index contributed by atoms with van der Waals surface area (Å²) in [7, 11) is 0. The van der Waals surface area contributed by atoms with E-state index in [1.807, 2.05) is 0 Å². The summed E-state index contributed by atoms with van der Waals surface area (Å²) >= 11 is 0. The highest BCUT2D eigenvalue weighted by Gasteiger charge is 2.27. The molecule has 1 fully saturated rings. The Hall–Kier alpha value is -1.73. The summed E-state index contributed by atoms with van der Waals surface area (Å²) in [6, 6.07) is 2.41. The van der Waals surface area contributed by atoms with E-state index < -0.39 is 0 Å². The summed E-state index contributed by atoms with van der Waals surface area (Å²) in [5.41, 5.74) is 6.50. The SMILES string of the molecule is CC1CCCC(CN)N1Cc1cc(=O)n2[nH]cnc2n1. The maximum absolute atomic E-state index is 11.9. The number of piperidine rings is 1. The van der Waals surface area contributed by atoms with Crippen LogP contribution in [0.15, 0.2) is 17.2 Å². The van der Waals surface area contributed by atoms with Gasteiger partial charge in [-0.15, -0.1) is 0 Å². The Morgan fingerprint density at radius 1 is 1.50 bits per heavy atom. The zero-order valence-electron chi connectivity index (χ0n) is 11.6. The molecule has 0 amide bonds. The van der Waals surface area contributed by atoms with Gasteiger partial charge in [0.25, 0.3) is 11.3 Å². The highest BCUT2D eigenvalue weighted by Crippen LogP contribution is 2.23. The summed E-state index contributed by atoms with van der Waals surface area (Å²) in [5, 5.41) is 2.74. The number of H-pyrrole nitrogens is 1. The molecular formula is C13H20N6O. The predicted molar refractivity (Wildman–Crippen MR) is 75.3 cm³/mol. The number of nitrogens with zero attached hydrogens (tertiary/aromatic N) is 4. The summed E-state index contributed by atoms with van der Waals surface area (Å²) in [4.78, 5) is 22.8. The van der Waals surface area contributed by atoms with Gasteiger partial charge in [0.15, 0.2) is 0 Å². The lowest BCUT2D eigenvalue weighted by molar-refractivity contribution is 0.0878. The van der Waals surface area contributed by atoms with Crippen LogP contribution in [0.2, 0.25) is 0 Å². The van der Waals surface area contributed by atoms with Crippen molar-refractivity contribution < 1.29 is 0 Å². The van der Waals surface area contributed by atoms with Crippen molar-refractivity contribution in [2.24, 2.45) is 5.73 Å². The lowest BCUT2D eigenvalue weighted by Crippen LogP contribution is -2.48. The standard InChI is InChI=1S/C13H20N6O/c1-9-3-2-4-11(6-14)18(9)7-10-5-12(20)19-13(17-10)15-8-16-19/h5,8-9,11H,2-4,6-7,14H2,1H3,(H,15,16,17). The average molecular weight is 276 g/mol. The molecule has 108 valence electrons. The van der Waals surface area contributed by atoms with Crippen LogP contribution in [0.5, 0.6) is 0 Å². The second-order valence-electron chi connectivity index (χ2n) is 5.45. The molecule has 1 aliphatic rings. The Bertz CT molecular complexity index is 648. The van der Waals surface area contributed by atoms with Gasteiger partial charge in [-0.05, 0) is 19.8 Å². The molecule has 3 heterocycles. The van der Waals surface area contributed by atoms with E-state index in [2.05, 4.69) is 26.9 Å². The molecule has 3 N–H and O–H groups in total. The normalized spacial score (nSPS) is 24.3. The Balaban J connectivity index is 1.89. The van der Waals surface area contributed by atoms with Crippen molar-refractivity contribution in [1.29, 1.82) is 0 Å². The molecule has 20 heavy (non-hydrogen) atoms. The van der Waals surface area contributed by atoms with Gasteiger partial charge >= 0.3 is 0 Å². The number of aromatic amines is 1. The first-order valence-corrected chi connectivity index (χ1v) is 7.07. The number of aromatic nitrogens is 4. The minimum absolute atomic E-state index is 0.128. The first-order chi connectivity index (χ1) is 9.69. The van der Waals surface area contributed by atoms with Crippen molar-refractivity contribution in [2.45, 2.75) is 44.8 Å². The van der Waals surface area contributed by atoms with E-state index in [9.17, 15) is 4.79 Å². The third-order valence-electron chi connectivity index (χ3n) is 4.13. The van der Waals surface area contributed by atoms with Gasteiger partial charge in [-0.1, -0.05) is 6.42 Å². The van der Waals surface area contributed by atoms with Gasteiger partial charge in [-0.2, -0.15) is 4.52 Å². The topological polar surface area (TPSA) is 92.3 Å². The molecule has 0 saturated carbocycles. The highest BCUT2D eigenvalue weighted by atomic mass is 16.1. The molecule has 7 heteroatoms. The zero-order valence-corrected chi connectivity index (χ0v) is 11.6. The molecule has 1 saturated heterocycles. The van der Waals surface area contributed by atoms with Crippen molar-refractivity contribution in [2.75, 3.05) is 6.54 Å². The largest absolute Gasteiger partial charge is 0.329 e. The second kappa shape index (κ2) is 5.34. The molecule has 3 rings (SSSR count). The summed E-state index contributed by atoms with van der Waals surface area (Å²) in [5.74, 6) is 0.418. The molecule has 0 aromatic carbocycles. The van der Waals surface area contributed by atoms with Crippen LogP contribution < -0.4 is 11.3 Å². The van der Waals surface area contributed by atoms with Crippen LogP contribution in [0.3, 0.4) is 0 Å². The van der Waals surface area contributed by atoms with Gasteiger partial charge < -0.3 is 5.73 Å². The Labute approximate surface area is 116 Å². The van der Waals surface area contributed by atoms with Gasteiger partial charge in [0.05, 0.1) is 5.69 Å². The monoisotopic (exact) mass is 276 g/mol. The van der Waals surface area contributed by atoms with Gasteiger partial charge in [0.2, 0.25) is 0 Å². The van der Waals surface area contributed by atoms with Crippen molar-refractivity contribution >= 4 is 5.78 Å². The van der Waals surface area contributed by atoms with Crippen LogP contribution in [0, 0.1) is 0 Å². The van der Waals surface area contributed by atoms with E-state index in [0.29, 0.717) is 31.0 Å². The van der Waals surface area contributed by atoms with E-state index in [1.165, 1.54) is 23.7 Å². The lowest BCUT2D eigenvalue weighted by atomic mass is 9.96. The third-order valence-corrected chi connectivity index (χ3v) is 4.13. The van der Waals surface area contributed by atoms with Crippen LogP contribution in [0.1, 0.15) is 31.9 Å². The molecule has 7 nitrogen and oxygen atoms in total. The lowest BCUT2D eigenvalue weighted by Gasteiger charge is -2.40. The average Bonchev–Trinajstić information content (AvgIpc) is 2.90. The molecule has 2 aromatic heterocycles. The minimum atomic E-state index is -0.128. The van der Waals surface area contributed by atoms with E-state index in [1.54, 1.807) is 6.07 Å². The van der Waals surface area contributed by atoms with Crippen molar-refractivity contribution in [1.82, 2.24) is 24.5 Å². The smallest absolute Gasteiger partial charge is 0.274 e. The van der Waals surface area contributed by atoms with Crippen molar-refractivity contribution in [3.05, 3.63) is 28.4 Å². The molecular weight excluding hydrogens is 256 g/mol. The van der Waals surface area contributed by atoms with E-state index in [-0.39, 0.29) is 5.56 Å². The fraction of sp³-hybridized carbons (Fsp3) is 0.615. The molecule has 2 aromatic rings. The second-order valence-corrected chi connectivity index (χ2v) is 5.45. The Morgan fingerprint density at radius 3 is 3.15 bits per heavy atom. The molecule has 0 spiro atoms. The molecule has 2 atom stereocenters. The van der Waals surface area contributed by atoms with E-state index >= 15 is 0 Å². The molecule has 0 radical (unpaired) electrons. The van der Waals surface area contributed by atoms with E-state index in [4.69, 9.17) is 5.73 Å². The number of nitrogens with one attached hydrogen (secondary N) is 1. The fourth-order valence-corrected chi connectivity index (χ4v) is 3.02. The van der Waals surface area contributed by atoms with Gasteiger partial charge in [-0.3, -0.25) is 14.8 Å². The summed E-state index contributed by atoms with van der Waals surface area (Å²) < 4.78 is 1.34. The maximum atomic E-state index is 11.9. The summed E-state index contributed by atoms with van der Waals surface area (Å²) in [6.45, 7) is 3.51. The number of fused-ring (bicyclic) bond motifs is 1. The maximum Gasteiger partial charge on any atom is 0.274 e. The number of likely N-dealkylation sites (tertiary alicyclic amines) is 1. The van der Waals surface area contributed by atoms with Gasteiger partial charge in [0.1, 0.15) is 6.33 Å². The first-order valence-electron chi connectivity index (χ1n) is 7.07.